The van der Waals surface area contributed by atoms with Crippen LogP contribution >= 0.6 is 0 Å². The Morgan fingerprint density at radius 2 is 0.233 bits per heavy atom. The van der Waals surface area contributed by atoms with Crippen molar-refractivity contribution in [3.8, 4) is 0 Å². The SMILES string of the molecule is CC(=O)COCCOCCOCCN(CCOCCOCCOCC(C)=O)C(=O)COCCOCCOCCOCC(=O)N(CCOCCOCCOCC(C)=O)CCOCCOCCOCC(C)=O.CC(=O)COCCOCCOCCOCC(=O)N(CCOCCOCCOCC(C)=O)CCOCCOCCOCC(C)=O.[V].[W]. The third-order valence-electron chi connectivity index (χ3n) is 13.6. The number of hydrogen-bond donors (Lipinski definition) is 0. The quantitative estimate of drug-likeness (QED) is 0.0660. The van der Waals surface area contributed by atoms with Gasteiger partial charge in [-0.15, -0.1) is 0 Å². The van der Waals surface area contributed by atoms with Crippen LogP contribution in [-0.2, 0) is 211 Å². The van der Waals surface area contributed by atoms with Crippen LogP contribution in [0.5, 0.6) is 0 Å². The monoisotopic (exact) mass is 1890 g/mol. The molecule has 0 saturated carbocycles. The first-order valence-corrected chi connectivity index (χ1v) is 38.7. The zero-order valence-electron chi connectivity index (χ0n) is 69.9. The van der Waals surface area contributed by atoms with E-state index in [1.165, 1.54) is 48.5 Å². The molecule has 0 spiro atoms. The first-order chi connectivity index (χ1) is 55.3. The molecule has 3 amide bonds. The Hall–Kier alpha value is -3.67. The van der Waals surface area contributed by atoms with Gasteiger partial charge in [-0.1, -0.05) is 0 Å². The Morgan fingerprint density at radius 1 is 0.147 bits per heavy atom. The van der Waals surface area contributed by atoms with Crippen molar-refractivity contribution >= 4 is 58.2 Å². The molecule has 0 saturated heterocycles. The van der Waals surface area contributed by atoms with Gasteiger partial charge in [0.05, 0.1) is 277 Å². The average molecular weight is 1890 g/mol. The van der Waals surface area contributed by atoms with E-state index in [1.54, 1.807) is 14.7 Å². The van der Waals surface area contributed by atoms with Crippen molar-refractivity contribution < 1.29 is 211 Å². The maximum atomic E-state index is 13.0. The molecule has 0 aromatic heterocycles. The summed E-state index contributed by atoms with van der Waals surface area (Å²) < 4.78 is 141. The summed E-state index contributed by atoms with van der Waals surface area (Å²) in [5, 5.41) is 0. The topological polar surface area (TPSA) is 420 Å². The summed E-state index contributed by atoms with van der Waals surface area (Å²) in [6, 6.07) is 0. The number of amides is 3. The molecule has 679 valence electrons. The van der Waals surface area contributed by atoms with Crippen LogP contribution in [0.25, 0.3) is 0 Å². The molecule has 0 N–H and O–H groups in total. The minimum absolute atomic E-state index is 0. The van der Waals surface area contributed by atoms with Crippen molar-refractivity contribution in [3.63, 3.8) is 0 Å². The fraction of sp³-hybridized carbons (Fsp3) is 0.867. The molecular weight excluding hydrogens is 1750 g/mol. The Bertz CT molecular complexity index is 2120. The smallest absolute Gasteiger partial charge is 0.248 e. The third-order valence-corrected chi connectivity index (χ3v) is 13.6. The normalized spacial score (nSPS) is 11.1. The molecule has 0 aromatic rings. The number of nitrogens with zero attached hydrogens (tertiary/aromatic N) is 3. The van der Waals surface area contributed by atoms with Crippen molar-refractivity contribution in [2.45, 2.75) is 48.5 Å². The van der Waals surface area contributed by atoms with Crippen LogP contribution in [0.15, 0.2) is 0 Å². The molecule has 0 unspecified atom stereocenters. The molecule has 0 aliphatic carbocycles. The van der Waals surface area contributed by atoms with E-state index in [1.807, 2.05) is 0 Å². The van der Waals surface area contributed by atoms with Gasteiger partial charge in [-0.3, -0.25) is 47.9 Å². The average Bonchev–Trinajstić information content (AvgIpc) is 0.951. The first kappa shape index (κ1) is 119. The molecule has 41 heteroatoms. The van der Waals surface area contributed by atoms with E-state index in [-0.39, 0.29) is 237 Å². The van der Waals surface area contributed by atoms with Crippen molar-refractivity contribution in [1.82, 2.24) is 14.7 Å². The zero-order chi connectivity index (χ0) is 83.9. The molecule has 0 fully saturated rings. The van der Waals surface area contributed by atoms with Crippen molar-refractivity contribution in [2.75, 3.05) is 383 Å². The van der Waals surface area contributed by atoms with E-state index in [2.05, 4.69) is 0 Å². The van der Waals surface area contributed by atoms with Crippen molar-refractivity contribution in [3.05, 3.63) is 0 Å². The van der Waals surface area contributed by atoms with Crippen LogP contribution in [0.2, 0.25) is 0 Å². The standard InChI is InChI=1S/C46H84N2O22.C29H53NO14.V.W/c1-41(49)35-65-29-23-59-17-13-55-9-5-47(6-10-56-14-18-60-24-30-66-36-42(2)50)45(53)39-69-33-27-63-21-22-64-28-34-70-40-46(54)48(7-11-57-15-19-61-25-31-67-37-43(3)51)8-12-58-16-20-62-26-32-68-38-44(4)52;1-26(31)22-41-18-14-37-10-8-35-6-4-30(5-7-36-9-11-38-15-19-42-23-27(2)32)29(34)25-44-21-17-40-13-12-39-16-20-43-24-28(3)33;;/h5-40H2,1-4H3;4-25H2,1-3H3;;. The Balaban J connectivity index is -0.00000117. The van der Waals surface area contributed by atoms with Crippen LogP contribution in [0.4, 0.5) is 0 Å². The predicted molar refractivity (Wildman–Crippen MR) is 406 cm³/mol. The van der Waals surface area contributed by atoms with Crippen LogP contribution < -0.4 is 0 Å². The Morgan fingerprint density at radius 3 is 0.336 bits per heavy atom. The second-order valence-electron chi connectivity index (χ2n) is 24.4. The van der Waals surface area contributed by atoms with E-state index in [0.29, 0.717) is 244 Å². The second-order valence-corrected chi connectivity index (χ2v) is 24.4. The van der Waals surface area contributed by atoms with Gasteiger partial charge in [0.2, 0.25) is 17.7 Å². The molecule has 0 rings (SSSR count). The molecule has 0 aliphatic heterocycles. The molecule has 0 aromatic carbocycles. The Kier molecular flexibility index (Phi) is 97.3. The fourth-order valence-corrected chi connectivity index (χ4v) is 8.15. The Labute approximate surface area is 711 Å². The summed E-state index contributed by atoms with van der Waals surface area (Å²) in [5.74, 6) is -1.00. The molecular formula is C75H137N3O36VW. The summed E-state index contributed by atoms with van der Waals surface area (Å²) >= 11 is 0. The predicted octanol–water partition coefficient (Wildman–Crippen LogP) is -0.992. The molecule has 0 atom stereocenters. The number of Topliss-reactive ketones (excluding diaryl/α,β-unsaturated/α-hetero) is 7. The molecule has 0 aliphatic rings. The largest absolute Gasteiger partial charge is 0.377 e. The molecule has 39 nitrogen and oxygen atoms in total. The van der Waals surface area contributed by atoms with Gasteiger partial charge in [-0.25, -0.2) is 0 Å². The van der Waals surface area contributed by atoms with E-state index in [9.17, 15) is 47.9 Å². The van der Waals surface area contributed by atoms with Gasteiger partial charge in [0.15, 0.2) is 40.5 Å². The van der Waals surface area contributed by atoms with Gasteiger partial charge in [0.1, 0.15) is 66.1 Å². The summed E-state index contributed by atoms with van der Waals surface area (Å²) in [4.78, 5) is 120. The first-order valence-electron chi connectivity index (χ1n) is 38.7. The molecule has 1 radical (unpaired) electrons. The van der Waals surface area contributed by atoms with Gasteiger partial charge in [-0.05, 0) is 48.5 Å². The molecule has 0 heterocycles. The van der Waals surface area contributed by atoms with Crippen molar-refractivity contribution in [2.24, 2.45) is 0 Å². The van der Waals surface area contributed by atoms with Gasteiger partial charge in [0.25, 0.3) is 0 Å². The van der Waals surface area contributed by atoms with Crippen LogP contribution in [-0.4, -0.2) is 456 Å². The van der Waals surface area contributed by atoms with Crippen molar-refractivity contribution in [1.29, 1.82) is 0 Å². The second kappa shape index (κ2) is 95.2. The van der Waals surface area contributed by atoms with E-state index in [4.69, 9.17) is 123 Å². The number of carbonyl (C=O) groups is 10. The zero-order valence-corrected chi connectivity index (χ0v) is 74.2. The number of hydrogen-bond acceptors (Lipinski definition) is 36. The summed E-state index contributed by atoms with van der Waals surface area (Å²) in [6.07, 6.45) is 0. The van der Waals surface area contributed by atoms with Crippen LogP contribution in [0, 0.1) is 0 Å². The van der Waals surface area contributed by atoms with Crippen LogP contribution in [0.3, 0.4) is 0 Å². The fourth-order valence-electron chi connectivity index (χ4n) is 8.15. The number of ketones is 7. The summed E-state index contributed by atoms with van der Waals surface area (Å²) in [5.41, 5.74) is 0. The van der Waals surface area contributed by atoms with E-state index >= 15 is 0 Å². The number of carbonyl (C=O) groups excluding carboxylic acids is 10. The minimum Gasteiger partial charge on any atom is -0.377 e. The van der Waals surface area contributed by atoms with Gasteiger partial charge in [0, 0.05) is 78.9 Å². The summed E-state index contributed by atoms with van der Waals surface area (Å²) in [6.45, 7) is 25.3. The maximum absolute atomic E-state index is 13.0. The molecule has 0 bridgehead atoms. The van der Waals surface area contributed by atoms with E-state index < -0.39 is 0 Å². The van der Waals surface area contributed by atoms with Gasteiger partial charge in [-0.2, -0.15) is 0 Å². The number of ether oxygens (including phenoxy) is 26. The number of rotatable bonds is 92. The summed E-state index contributed by atoms with van der Waals surface area (Å²) in [7, 11) is 0. The minimum atomic E-state index is -0.240. The maximum Gasteiger partial charge on any atom is 0.248 e. The third kappa shape index (κ3) is 97.5. The van der Waals surface area contributed by atoms with E-state index in [0.717, 1.165) is 0 Å². The molecule has 116 heavy (non-hydrogen) atoms. The van der Waals surface area contributed by atoms with Gasteiger partial charge >= 0.3 is 0 Å². The van der Waals surface area contributed by atoms with Gasteiger partial charge < -0.3 is 138 Å². The van der Waals surface area contributed by atoms with Crippen LogP contribution in [0.1, 0.15) is 48.5 Å².